The van der Waals surface area contributed by atoms with E-state index in [0.29, 0.717) is 0 Å². The fraction of sp³-hybridized carbons (Fsp3) is 0.417. The van der Waals surface area contributed by atoms with Crippen LogP contribution in [0.1, 0.15) is 12.2 Å². The van der Waals surface area contributed by atoms with E-state index in [9.17, 15) is 4.79 Å². The monoisotopic (exact) mass is 247 g/mol. The number of nitrogens with zero attached hydrogens (tertiary/aromatic N) is 5. The van der Waals surface area contributed by atoms with E-state index in [1.165, 1.54) is 10.9 Å². The maximum atomic E-state index is 12.1. The number of carbonyl (C=O) groups is 1. The predicted octanol–water partition coefficient (Wildman–Crippen LogP) is 1.09. The molecule has 0 atom stereocenters. The van der Waals surface area contributed by atoms with Gasteiger partial charge in [0, 0.05) is 31.2 Å². The molecule has 0 bridgehead atoms. The highest BCUT2D eigenvalue weighted by atomic mass is 16.2. The third-order valence-electron chi connectivity index (χ3n) is 2.65. The van der Waals surface area contributed by atoms with Gasteiger partial charge in [-0.3, -0.25) is 9.13 Å². The standard InChI is InChI=1S/C12H17N5O/c1-15(2)7-3-4-11-14-6-9-17(11)12(18)16-8-5-13-10-16/h5-6,8-10H,3-4,7H2,1-2H3. The topological polar surface area (TPSA) is 56.0 Å². The van der Waals surface area contributed by atoms with Crippen LogP contribution in [0.3, 0.4) is 0 Å². The summed E-state index contributed by atoms with van der Waals surface area (Å²) in [5, 5.41) is 0. The second-order valence-electron chi connectivity index (χ2n) is 4.37. The van der Waals surface area contributed by atoms with Gasteiger partial charge in [0.15, 0.2) is 0 Å². The maximum absolute atomic E-state index is 12.1. The van der Waals surface area contributed by atoms with Gasteiger partial charge in [-0.1, -0.05) is 0 Å². The molecular weight excluding hydrogens is 230 g/mol. The largest absolute Gasteiger partial charge is 0.339 e. The van der Waals surface area contributed by atoms with E-state index in [0.717, 1.165) is 25.2 Å². The van der Waals surface area contributed by atoms with Crippen molar-refractivity contribution in [1.82, 2.24) is 24.0 Å². The lowest BCUT2D eigenvalue weighted by Crippen LogP contribution is -2.20. The molecule has 0 fully saturated rings. The molecule has 2 aromatic heterocycles. The molecule has 2 aromatic rings. The van der Waals surface area contributed by atoms with Crippen molar-refractivity contribution in [3.05, 3.63) is 36.9 Å². The molecule has 0 unspecified atom stereocenters. The molecule has 18 heavy (non-hydrogen) atoms. The number of aromatic nitrogens is 4. The number of carbonyl (C=O) groups excluding carboxylic acids is 1. The zero-order chi connectivity index (χ0) is 13.0. The molecule has 0 aliphatic heterocycles. The Balaban J connectivity index is 2.06. The van der Waals surface area contributed by atoms with Gasteiger partial charge in [-0.2, -0.15) is 0 Å². The van der Waals surface area contributed by atoms with Crippen molar-refractivity contribution < 1.29 is 4.79 Å². The normalized spacial score (nSPS) is 11.1. The summed E-state index contributed by atoms with van der Waals surface area (Å²) in [6.07, 6.45) is 9.80. The average molecular weight is 247 g/mol. The first kappa shape index (κ1) is 12.5. The molecule has 0 saturated carbocycles. The van der Waals surface area contributed by atoms with E-state index < -0.39 is 0 Å². The lowest BCUT2D eigenvalue weighted by Gasteiger charge is -2.10. The molecule has 0 N–H and O–H groups in total. The summed E-state index contributed by atoms with van der Waals surface area (Å²) in [5.74, 6) is 0.788. The lowest BCUT2D eigenvalue weighted by molar-refractivity contribution is 0.243. The third-order valence-corrected chi connectivity index (χ3v) is 2.65. The van der Waals surface area contributed by atoms with Crippen molar-refractivity contribution in [2.45, 2.75) is 12.8 Å². The van der Waals surface area contributed by atoms with Gasteiger partial charge >= 0.3 is 6.03 Å². The Labute approximate surface area is 106 Å². The van der Waals surface area contributed by atoms with E-state index >= 15 is 0 Å². The minimum Gasteiger partial charge on any atom is -0.309 e. The summed E-state index contributed by atoms with van der Waals surface area (Å²) in [6.45, 7) is 0.978. The first-order chi connectivity index (χ1) is 8.68. The summed E-state index contributed by atoms with van der Waals surface area (Å²) in [5.41, 5.74) is 0. The van der Waals surface area contributed by atoms with E-state index in [2.05, 4.69) is 14.9 Å². The molecule has 0 spiro atoms. The van der Waals surface area contributed by atoms with E-state index in [4.69, 9.17) is 0 Å². The fourth-order valence-corrected chi connectivity index (χ4v) is 1.74. The minimum atomic E-state index is -0.148. The molecule has 0 aromatic carbocycles. The summed E-state index contributed by atoms with van der Waals surface area (Å²) in [7, 11) is 4.06. The zero-order valence-electron chi connectivity index (χ0n) is 10.7. The summed E-state index contributed by atoms with van der Waals surface area (Å²) in [4.78, 5) is 22.3. The second kappa shape index (κ2) is 5.59. The van der Waals surface area contributed by atoms with Crippen molar-refractivity contribution >= 4 is 6.03 Å². The van der Waals surface area contributed by atoms with Gasteiger partial charge < -0.3 is 4.90 Å². The van der Waals surface area contributed by atoms with Crippen LogP contribution in [0.2, 0.25) is 0 Å². The second-order valence-corrected chi connectivity index (χ2v) is 4.37. The van der Waals surface area contributed by atoms with Crippen molar-refractivity contribution in [1.29, 1.82) is 0 Å². The third kappa shape index (κ3) is 2.84. The molecule has 0 aliphatic carbocycles. The Kier molecular flexibility index (Phi) is 3.88. The number of rotatable bonds is 4. The average Bonchev–Trinajstić information content (AvgIpc) is 2.98. The Bertz CT molecular complexity index is 500. The molecule has 0 aliphatic rings. The lowest BCUT2D eigenvalue weighted by atomic mass is 10.3. The SMILES string of the molecule is CN(C)CCCc1nccn1C(=O)n1ccnc1. The predicted molar refractivity (Wildman–Crippen MR) is 67.5 cm³/mol. The number of aryl methyl sites for hydroxylation is 1. The van der Waals surface area contributed by atoms with E-state index in [1.54, 1.807) is 29.4 Å². The summed E-state index contributed by atoms with van der Waals surface area (Å²) < 4.78 is 3.01. The highest BCUT2D eigenvalue weighted by Crippen LogP contribution is 2.04. The fourth-order valence-electron chi connectivity index (χ4n) is 1.74. The molecule has 6 nitrogen and oxygen atoms in total. The molecule has 6 heteroatoms. The smallest absolute Gasteiger partial charge is 0.309 e. The van der Waals surface area contributed by atoms with Crippen LogP contribution in [0.5, 0.6) is 0 Å². The van der Waals surface area contributed by atoms with Gasteiger partial charge in [-0.05, 0) is 27.1 Å². The Hall–Kier alpha value is -1.95. The summed E-state index contributed by atoms with van der Waals surface area (Å²) in [6, 6.07) is -0.148. The number of hydrogen-bond acceptors (Lipinski definition) is 4. The Morgan fingerprint density at radius 2 is 2.17 bits per heavy atom. The van der Waals surface area contributed by atoms with E-state index in [1.807, 2.05) is 14.1 Å². The molecule has 0 amide bonds. The quantitative estimate of drug-likeness (QED) is 0.811. The van der Waals surface area contributed by atoms with Crippen LogP contribution in [-0.4, -0.2) is 50.7 Å². The number of hydrogen-bond donors (Lipinski definition) is 0. The van der Waals surface area contributed by atoms with E-state index in [-0.39, 0.29) is 6.03 Å². The van der Waals surface area contributed by atoms with Crippen LogP contribution < -0.4 is 0 Å². The minimum absolute atomic E-state index is 0.148. The van der Waals surface area contributed by atoms with Crippen LogP contribution in [0.25, 0.3) is 0 Å². The molecule has 96 valence electrons. The Morgan fingerprint density at radius 3 is 2.83 bits per heavy atom. The van der Waals surface area contributed by atoms with Gasteiger partial charge in [0.05, 0.1) is 0 Å². The molecule has 0 radical (unpaired) electrons. The first-order valence-electron chi connectivity index (χ1n) is 5.88. The van der Waals surface area contributed by atoms with Gasteiger partial charge in [-0.15, -0.1) is 0 Å². The van der Waals surface area contributed by atoms with Gasteiger partial charge in [0.2, 0.25) is 0 Å². The van der Waals surface area contributed by atoms with Gasteiger partial charge in [0.1, 0.15) is 12.2 Å². The van der Waals surface area contributed by atoms with Crippen LogP contribution in [0, 0.1) is 0 Å². The zero-order valence-corrected chi connectivity index (χ0v) is 10.7. The summed E-state index contributed by atoms with van der Waals surface area (Å²) >= 11 is 0. The first-order valence-corrected chi connectivity index (χ1v) is 5.88. The van der Waals surface area contributed by atoms with Gasteiger partial charge in [0.25, 0.3) is 0 Å². The Morgan fingerprint density at radius 1 is 1.33 bits per heavy atom. The van der Waals surface area contributed by atoms with Crippen molar-refractivity contribution in [3.8, 4) is 0 Å². The van der Waals surface area contributed by atoms with Gasteiger partial charge in [-0.25, -0.2) is 14.8 Å². The molecule has 2 rings (SSSR count). The molecule has 0 saturated heterocycles. The van der Waals surface area contributed by atoms with Crippen molar-refractivity contribution in [2.24, 2.45) is 0 Å². The molecular formula is C12H17N5O. The number of imidazole rings is 2. The van der Waals surface area contributed by atoms with Crippen molar-refractivity contribution in [2.75, 3.05) is 20.6 Å². The van der Waals surface area contributed by atoms with Crippen molar-refractivity contribution in [3.63, 3.8) is 0 Å². The van der Waals surface area contributed by atoms with Crippen LogP contribution in [-0.2, 0) is 6.42 Å². The molecule has 2 heterocycles. The highest BCUT2D eigenvalue weighted by Gasteiger charge is 2.11. The van der Waals surface area contributed by atoms with Crippen LogP contribution in [0.4, 0.5) is 4.79 Å². The van der Waals surface area contributed by atoms with Crippen LogP contribution in [0.15, 0.2) is 31.1 Å². The highest BCUT2D eigenvalue weighted by molar-refractivity contribution is 5.79. The van der Waals surface area contributed by atoms with Crippen LogP contribution >= 0.6 is 0 Å². The maximum Gasteiger partial charge on any atom is 0.339 e.